The minimum atomic E-state index is -1.00. The van der Waals surface area contributed by atoms with Crippen LogP contribution in [0.15, 0.2) is 18.2 Å². The standard InChI is InChI=1S/C15H18ClFN2O2/c1-9-6-13(20)18-15(2,3)14(21)19(9)8-10-7-11(16)4-5-12(10)17/h4-5,7,9H,6,8H2,1-3H3,(H,18,20). The van der Waals surface area contributed by atoms with Gasteiger partial charge in [0.05, 0.1) is 0 Å². The number of hydrogen-bond donors (Lipinski definition) is 1. The highest BCUT2D eigenvalue weighted by atomic mass is 35.5. The lowest BCUT2D eigenvalue weighted by Crippen LogP contribution is -2.53. The van der Waals surface area contributed by atoms with Crippen LogP contribution in [0.4, 0.5) is 4.39 Å². The van der Waals surface area contributed by atoms with Crippen molar-refractivity contribution in [3.8, 4) is 0 Å². The van der Waals surface area contributed by atoms with Crippen LogP contribution in [0.5, 0.6) is 0 Å². The molecule has 114 valence electrons. The van der Waals surface area contributed by atoms with E-state index < -0.39 is 11.4 Å². The summed E-state index contributed by atoms with van der Waals surface area (Å²) in [6.07, 6.45) is 0.192. The molecule has 0 radical (unpaired) electrons. The van der Waals surface area contributed by atoms with Crippen LogP contribution in [0.1, 0.15) is 32.8 Å². The Balaban J connectivity index is 2.33. The van der Waals surface area contributed by atoms with E-state index >= 15 is 0 Å². The smallest absolute Gasteiger partial charge is 0.248 e. The molecule has 0 aromatic heterocycles. The number of carbonyl (C=O) groups is 2. The highest BCUT2D eigenvalue weighted by Gasteiger charge is 2.39. The SMILES string of the molecule is CC1CC(=O)NC(C)(C)C(=O)N1Cc1cc(Cl)ccc1F. The molecule has 0 spiro atoms. The molecule has 0 aliphatic carbocycles. The second-order valence-corrected chi connectivity index (χ2v) is 6.33. The summed E-state index contributed by atoms with van der Waals surface area (Å²) in [4.78, 5) is 25.9. The molecule has 1 atom stereocenters. The van der Waals surface area contributed by atoms with E-state index in [1.807, 2.05) is 0 Å². The fraction of sp³-hybridized carbons (Fsp3) is 0.467. The second-order valence-electron chi connectivity index (χ2n) is 5.90. The zero-order valence-corrected chi connectivity index (χ0v) is 13.0. The monoisotopic (exact) mass is 312 g/mol. The predicted molar refractivity (Wildman–Crippen MR) is 78.3 cm³/mol. The van der Waals surface area contributed by atoms with Gasteiger partial charge in [-0.25, -0.2) is 4.39 Å². The maximum atomic E-state index is 13.9. The van der Waals surface area contributed by atoms with Crippen LogP contribution in [0.2, 0.25) is 5.02 Å². The van der Waals surface area contributed by atoms with Crippen molar-refractivity contribution in [3.63, 3.8) is 0 Å². The van der Waals surface area contributed by atoms with Crippen LogP contribution in [-0.4, -0.2) is 28.3 Å². The van der Waals surface area contributed by atoms with Crippen molar-refractivity contribution >= 4 is 23.4 Å². The van der Waals surface area contributed by atoms with Gasteiger partial charge in [0.2, 0.25) is 11.8 Å². The number of carbonyl (C=O) groups excluding carboxylic acids is 2. The van der Waals surface area contributed by atoms with Gasteiger partial charge >= 0.3 is 0 Å². The van der Waals surface area contributed by atoms with E-state index in [0.717, 1.165) is 0 Å². The van der Waals surface area contributed by atoms with Gasteiger partial charge in [0.1, 0.15) is 11.4 Å². The van der Waals surface area contributed by atoms with Gasteiger partial charge in [-0.05, 0) is 39.0 Å². The number of rotatable bonds is 2. The Morgan fingerprint density at radius 2 is 2.10 bits per heavy atom. The average molecular weight is 313 g/mol. The maximum Gasteiger partial charge on any atom is 0.248 e. The molecule has 0 saturated carbocycles. The molecule has 21 heavy (non-hydrogen) atoms. The lowest BCUT2D eigenvalue weighted by molar-refractivity contribution is -0.139. The van der Waals surface area contributed by atoms with Crippen molar-refractivity contribution in [1.29, 1.82) is 0 Å². The van der Waals surface area contributed by atoms with E-state index in [9.17, 15) is 14.0 Å². The fourth-order valence-corrected chi connectivity index (χ4v) is 2.66. The third-order valence-electron chi connectivity index (χ3n) is 3.61. The number of hydrogen-bond acceptors (Lipinski definition) is 2. The van der Waals surface area contributed by atoms with Crippen molar-refractivity contribution in [2.45, 2.75) is 45.3 Å². The largest absolute Gasteiger partial charge is 0.342 e. The van der Waals surface area contributed by atoms with Crippen molar-refractivity contribution < 1.29 is 14.0 Å². The minimum absolute atomic E-state index is 0.0881. The summed E-state index contributed by atoms with van der Waals surface area (Å²) >= 11 is 5.88. The van der Waals surface area contributed by atoms with E-state index in [1.165, 1.54) is 23.1 Å². The molecule has 1 aliphatic rings. The Morgan fingerprint density at radius 1 is 1.43 bits per heavy atom. The van der Waals surface area contributed by atoms with Gasteiger partial charge in [-0.15, -0.1) is 0 Å². The molecule has 2 amide bonds. The number of nitrogens with one attached hydrogen (secondary N) is 1. The van der Waals surface area contributed by atoms with Crippen LogP contribution in [0, 0.1) is 5.82 Å². The lowest BCUT2D eigenvalue weighted by Gasteiger charge is -2.32. The number of benzene rings is 1. The van der Waals surface area contributed by atoms with E-state index in [2.05, 4.69) is 5.32 Å². The van der Waals surface area contributed by atoms with Gasteiger partial charge in [-0.1, -0.05) is 11.6 Å². The van der Waals surface area contributed by atoms with E-state index in [1.54, 1.807) is 20.8 Å². The van der Waals surface area contributed by atoms with Crippen molar-refractivity contribution in [3.05, 3.63) is 34.6 Å². The Bertz CT molecular complexity index is 589. The van der Waals surface area contributed by atoms with Gasteiger partial charge in [0.25, 0.3) is 0 Å². The van der Waals surface area contributed by atoms with E-state index in [0.29, 0.717) is 10.6 Å². The Kier molecular flexibility index (Phi) is 4.23. The summed E-state index contributed by atoms with van der Waals surface area (Å²) in [6.45, 7) is 5.16. The molecule has 1 aromatic rings. The van der Waals surface area contributed by atoms with Crippen LogP contribution in [0.3, 0.4) is 0 Å². The summed E-state index contributed by atoms with van der Waals surface area (Å²) in [5.74, 6) is -0.837. The Morgan fingerprint density at radius 3 is 2.76 bits per heavy atom. The first kappa shape index (κ1) is 15.8. The molecule has 1 fully saturated rings. The second kappa shape index (κ2) is 5.64. The van der Waals surface area contributed by atoms with Crippen LogP contribution in [-0.2, 0) is 16.1 Å². The van der Waals surface area contributed by atoms with Crippen LogP contribution >= 0.6 is 11.6 Å². The fourth-order valence-electron chi connectivity index (χ4n) is 2.47. The third kappa shape index (κ3) is 3.35. The predicted octanol–water partition coefficient (Wildman–Crippen LogP) is 2.49. The normalized spacial score (nSPS) is 22.0. The molecule has 1 heterocycles. The van der Waals surface area contributed by atoms with E-state index in [4.69, 9.17) is 11.6 Å². The third-order valence-corrected chi connectivity index (χ3v) is 3.84. The van der Waals surface area contributed by atoms with Gasteiger partial charge in [0, 0.05) is 29.6 Å². The van der Waals surface area contributed by atoms with Gasteiger partial charge in [-0.3, -0.25) is 9.59 Å². The van der Waals surface area contributed by atoms with Crippen LogP contribution in [0.25, 0.3) is 0 Å². The first-order valence-corrected chi connectivity index (χ1v) is 7.14. The molecule has 1 aliphatic heterocycles. The molecule has 4 nitrogen and oxygen atoms in total. The molecule has 1 saturated heterocycles. The summed E-state index contributed by atoms with van der Waals surface area (Å²) in [5.41, 5.74) is -0.662. The molecule has 0 bridgehead atoms. The van der Waals surface area contributed by atoms with Gasteiger partial charge in [-0.2, -0.15) is 0 Å². The Labute approximate surface area is 128 Å². The lowest BCUT2D eigenvalue weighted by atomic mass is 10.0. The molecule has 1 unspecified atom stereocenters. The van der Waals surface area contributed by atoms with Crippen molar-refractivity contribution in [2.75, 3.05) is 0 Å². The maximum absolute atomic E-state index is 13.9. The average Bonchev–Trinajstić information content (AvgIpc) is 2.43. The van der Waals surface area contributed by atoms with Crippen molar-refractivity contribution in [2.24, 2.45) is 0 Å². The van der Waals surface area contributed by atoms with E-state index in [-0.39, 0.29) is 30.8 Å². The highest BCUT2D eigenvalue weighted by Crippen LogP contribution is 2.23. The summed E-state index contributed by atoms with van der Waals surface area (Å²) < 4.78 is 13.9. The summed E-state index contributed by atoms with van der Waals surface area (Å²) in [6, 6.07) is 3.93. The number of nitrogens with zero attached hydrogens (tertiary/aromatic N) is 1. The Hall–Kier alpha value is -1.62. The number of amides is 2. The zero-order valence-electron chi connectivity index (χ0n) is 12.2. The minimum Gasteiger partial charge on any atom is -0.342 e. The van der Waals surface area contributed by atoms with Gasteiger partial charge in [0.15, 0.2) is 0 Å². The summed E-state index contributed by atoms with van der Waals surface area (Å²) in [5, 5.41) is 3.10. The van der Waals surface area contributed by atoms with Gasteiger partial charge < -0.3 is 10.2 Å². The topological polar surface area (TPSA) is 49.4 Å². The van der Waals surface area contributed by atoms with Crippen molar-refractivity contribution in [1.82, 2.24) is 10.2 Å². The molecule has 2 rings (SSSR count). The molecular weight excluding hydrogens is 295 g/mol. The number of halogens is 2. The zero-order chi connectivity index (χ0) is 15.8. The molecule has 1 N–H and O–H groups in total. The van der Waals surface area contributed by atoms with Crippen LogP contribution < -0.4 is 5.32 Å². The molecule has 1 aromatic carbocycles. The first-order valence-electron chi connectivity index (χ1n) is 6.76. The molecular formula is C15H18ClFN2O2. The first-order chi connectivity index (χ1) is 9.70. The summed E-state index contributed by atoms with van der Waals surface area (Å²) in [7, 11) is 0. The highest BCUT2D eigenvalue weighted by molar-refractivity contribution is 6.30. The molecule has 6 heteroatoms. The quantitative estimate of drug-likeness (QED) is 0.912.